The molecule has 7 heteroatoms. The molecular formula is C10H11N5O2. The number of hydrogen-bond donors (Lipinski definition) is 3. The molecular weight excluding hydrogens is 222 g/mol. The van der Waals surface area contributed by atoms with Gasteiger partial charge in [0.05, 0.1) is 0 Å². The predicted octanol–water partition coefficient (Wildman–Crippen LogP) is -1.75. The Bertz CT molecular complexity index is 487. The molecule has 88 valence electrons. The van der Waals surface area contributed by atoms with Crippen molar-refractivity contribution in [1.29, 1.82) is 0 Å². The molecule has 2 heterocycles. The van der Waals surface area contributed by atoms with Crippen molar-refractivity contribution >= 4 is 18.0 Å². The number of primary amides is 2. The fourth-order valence-electron chi connectivity index (χ4n) is 1.65. The first-order chi connectivity index (χ1) is 8.06. The van der Waals surface area contributed by atoms with Crippen LogP contribution in [0.5, 0.6) is 0 Å². The third-order valence-corrected chi connectivity index (χ3v) is 2.56. The van der Waals surface area contributed by atoms with E-state index in [9.17, 15) is 9.59 Å². The summed E-state index contributed by atoms with van der Waals surface area (Å²) in [7, 11) is 0. The number of nitrogens with zero attached hydrogens (tertiary/aromatic N) is 2. The molecule has 0 bridgehead atoms. The second-order valence-electron chi connectivity index (χ2n) is 3.64. The highest BCUT2D eigenvalue weighted by atomic mass is 16.2. The van der Waals surface area contributed by atoms with Crippen LogP contribution in [0.4, 0.5) is 0 Å². The van der Waals surface area contributed by atoms with E-state index in [2.05, 4.69) is 15.3 Å². The molecule has 5 N–H and O–H groups in total. The molecule has 0 spiro atoms. The number of aliphatic imine (C=N–C) groups is 1. The van der Waals surface area contributed by atoms with E-state index < -0.39 is 23.5 Å². The number of carbonyl (C=O) groups is 2. The summed E-state index contributed by atoms with van der Waals surface area (Å²) in [5, 5.41) is 2.71. The van der Waals surface area contributed by atoms with Crippen molar-refractivity contribution in [2.75, 3.05) is 0 Å². The maximum atomic E-state index is 11.6. The van der Waals surface area contributed by atoms with Gasteiger partial charge in [-0.15, -0.1) is 0 Å². The zero-order valence-electron chi connectivity index (χ0n) is 8.83. The van der Waals surface area contributed by atoms with Gasteiger partial charge in [0.1, 0.15) is 0 Å². The van der Waals surface area contributed by atoms with Crippen LogP contribution in [0.15, 0.2) is 29.5 Å². The van der Waals surface area contributed by atoms with Crippen LogP contribution >= 0.6 is 0 Å². The molecule has 1 aliphatic heterocycles. The van der Waals surface area contributed by atoms with Gasteiger partial charge in [0.15, 0.2) is 11.7 Å². The van der Waals surface area contributed by atoms with E-state index in [-0.39, 0.29) is 0 Å². The van der Waals surface area contributed by atoms with Crippen molar-refractivity contribution < 1.29 is 9.59 Å². The number of hydrogen-bond acceptors (Lipinski definition) is 5. The predicted molar refractivity (Wildman–Crippen MR) is 59.7 cm³/mol. The van der Waals surface area contributed by atoms with Crippen LogP contribution in [-0.2, 0) is 15.1 Å². The Hall–Kier alpha value is -2.28. The molecule has 0 aliphatic carbocycles. The summed E-state index contributed by atoms with van der Waals surface area (Å²) >= 11 is 0. The highest BCUT2D eigenvalue weighted by Gasteiger charge is 2.44. The largest absolute Gasteiger partial charge is 0.367 e. The van der Waals surface area contributed by atoms with Gasteiger partial charge in [0, 0.05) is 24.2 Å². The lowest BCUT2D eigenvalue weighted by molar-refractivity contribution is -0.123. The monoisotopic (exact) mass is 233 g/mol. The number of rotatable bonds is 3. The Morgan fingerprint density at radius 2 is 2.18 bits per heavy atom. The van der Waals surface area contributed by atoms with E-state index in [0.29, 0.717) is 5.56 Å². The normalized spacial score (nSPS) is 26.9. The van der Waals surface area contributed by atoms with Crippen LogP contribution in [0, 0.1) is 0 Å². The average Bonchev–Trinajstić information content (AvgIpc) is 2.76. The highest BCUT2D eigenvalue weighted by Crippen LogP contribution is 2.23. The summed E-state index contributed by atoms with van der Waals surface area (Å²) in [6.45, 7) is 0. The third-order valence-electron chi connectivity index (χ3n) is 2.56. The summed E-state index contributed by atoms with van der Waals surface area (Å²) in [5.41, 5.74) is 9.66. The number of pyridine rings is 1. The fraction of sp³-hybridized carbons (Fsp3) is 0.200. The number of nitrogens with two attached hydrogens (primary N) is 2. The van der Waals surface area contributed by atoms with Gasteiger partial charge in [0.25, 0.3) is 5.91 Å². The Morgan fingerprint density at radius 3 is 2.65 bits per heavy atom. The molecule has 0 fully saturated rings. The maximum absolute atomic E-state index is 11.6. The molecule has 1 aliphatic rings. The van der Waals surface area contributed by atoms with Crippen molar-refractivity contribution in [1.82, 2.24) is 10.3 Å². The minimum absolute atomic E-state index is 0.514. The van der Waals surface area contributed by atoms with Crippen molar-refractivity contribution in [2.24, 2.45) is 16.5 Å². The Kier molecular flexibility index (Phi) is 2.60. The maximum Gasteiger partial charge on any atom is 0.257 e. The fourth-order valence-corrected chi connectivity index (χ4v) is 1.65. The summed E-state index contributed by atoms with van der Waals surface area (Å²) in [6.07, 6.45) is 3.38. The number of aromatic nitrogens is 1. The smallest absolute Gasteiger partial charge is 0.257 e. The molecule has 0 saturated heterocycles. The van der Waals surface area contributed by atoms with Gasteiger partial charge in [-0.3, -0.25) is 24.9 Å². The number of nitrogens with one attached hydrogen (secondary N) is 1. The van der Waals surface area contributed by atoms with Crippen LogP contribution in [0.25, 0.3) is 0 Å². The van der Waals surface area contributed by atoms with Gasteiger partial charge in [-0.1, -0.05) is 6.07 Å². The Balaban J connectivity index is 2.42. The van der Waals surface area contributed by atoms with Gasteiger partial charge in [-0.2, -0.15) is 0 Å². The SMILES string of the molecule is NC(=O)C1N=CC(C(N)=O)(c2cccnc2)N1. The quantitative estimate of drug-likeness (QED) is 0.572. The minimum Gasteiger partial charge on any atom is -0.367 e. The molecule has 2 amide bonds. The third kappa shape index (κ3) is 1.76. The van der Waals surface area contributed by atoms with Crippen LogP contribution in [-0.4, -0.2) is 29.2 Å². The Labute approximate surface area is 96.9 Å². The summed E-state index contributed by atoms with van der Waals surface area (Å²) in [4.78, 5) is 30.4. The highest BCUT2D eigenvalue weighted by molar-refractivity contribution is 6.06. The van der Waals surface area contributed by atoms with Gasteiger partial charge >= 0.3 is 0 Å². The average molecular weight is 233 g/mol. The first-order valence-corrected chi connectivity index (χ1v) is 4.88. The van der Waals surface area contributed by atoms with Gasteiger partial charge in [0.2, 0.25) is 5.91 Å². The second-order valence-corrected chi connectivity index (χ2v) is 3.64. The van der Waals surface area contributed by atoms with Gasteiger partial charge < -0.3 is 11.5 Å². The standard InChI is InChI=1S/C10H11N5O2/c11-7(16)8-14-5-10(15-8,9(12)17)6-2-1-3-13-4-6/h1-5,8,15H,(H2,11,16)(H2,12,17). The summed E-state index contributed by atoms with van der Waals surface area (Å²) in [5.74, 6) is -1.34. The molecule has 2 unspecified atom stereocenters. The van der Waals surface area contributed by atoms with E-state index in [4.69, 9.17) is 11.5 Å². The lowest BCUT2D eigenvalue weighted by atomic mass is 9.92. The molecule has 2 rings (SSSR count). The van der Waals surface area contributed by atoms with Crippen molar-refractivity contribution in [3.8, 4) is 0 Å². The van der Waals surface area contributed by atoms with Crippen molar-refractivity contribution in [3.05, 3.63) is 30.1 Å². The molecule has 0 aromatic carbocycles. The van der Waals surface area contributed by atoms with E-state index in [1.165, 1.54) is 12.4 Å². The number of amides is 2. The lowest BCUT2D eigenvalue weighted by Crippen LogP contribution is -2.55. The van der Waals surface area contributed by atoms with Crippen LogP contribution < -0.4 is 16.8 Å². The van der Waals surface area contributed by atoms with Gasteiger partial charge in [-0.05, 0) is 6.07 Å². The van der Waals surface area contributed by atoms with Crippen LogP contribution in [0.3, 0.4) is 0 Å². The van der Waals surface area contributed by atoms with E-state index >= 15 is 0 Å². The lowest BCUT2D eigenvalue weighted by Gasteiger charge is -2.24. The topological polar surface area (TPSA) is 123 Å². The molecule has 17 heavy (non-hydrogen) atoms. The zero-order chi connectivity index (χ0) is 12.5. The van der Waals surface area contributed by atoms with Crippen molar-refractivity contribution in [2.45, 2.75) is 11.7 Å². The van der Waals surface area contributed by atoms with Crippen LogP contribution in [0.2, 0.25) is 0 Å². The molecule has 1 aromatic rings. The van der Waals surface area contributed by atoms with E-state index in [0.717, 1.165) is 0 Å². The first kappa shape index (κ1) is 11.2. The summed E-state index contributed by atoms with van der Waals surface area (Å²) < 4.78 is 0. The molecule has 0 radical (unpaired) electrons. The number of carbonyl (C=O) groups excluding carboxylic acids is 2. The second kappa shape index (κ2) is 3.95. The van der Waals surface area contributed by atoms with Crippen molar-refractivity contribution in [3.63, 3.8) is 0 Å². The molecule has 7 nitrogen and oxygen atoms in total. The van der Waals surface area contributed by atoms with Gasteiger partial charge in [-0.25, -0.2) is 0 Å². The van der Waals surface area contributed by atoms with E-state index in [1.54, 1.807) is 18.3 Å². The van der Waals surface area contributed by atoms with E-state index in [1.807, 2.05) is 0 Å². The summed E-state index contributed by atoms with van der Waals surface area (Å²) in [6, 6.07) is 3.33. The first-order valence-electron chi connectivity index (χ1n) is 4.88. The minimum atomic E-state index is -1.33. The molecule has 0 saturated carbocycles. The zero-order valence-corrected chi connectivity index (χ0v) is 8.83. The van der Waals surface area contributed by atoms with Crippen LogP contribution in [0.1, 0.15) is 5.56 Å². The molecule has 2 atom stereocenters. The molecule has 1 aromatic heterocycles. The Morgan fingerprint density at radius 1 is 1.41 bits per heavy atom.